The van der Waals surface area contributed by atoms with Crippen molar-refractivity contribution in [2.45, 2.75) is 51.6 Å². The lowest BCUT2D eigenvalue weighted by Gasteiger charge is -2.42. The minimum Gasteiger partial charge on any atom is -0.303 e. The average molecular weight is 155 g/mol. The summed E-state index contributed by atoms with van der Waals surface area (Å²) in [6.45, 7) is 5.86. The smallest absolute Gasteiger partial charge is 0.149 e. The Bertz CT molecular complexity index is 159. The quantitative estimate of drug-likeness (QED) is 0.669. The normalized spacial score (nSPS) is 21.5. The minimum absolute atomic E-state index is 0.145. The summed E-state index contributed by atoms with van der Waals surface area (Å²) >= 11 is 0. The zero-order valence-corrected chi connectivity index (χ0v) is 7.61. The fourth-order valence-corrected chi connectivity index (χ4v) is 1.68. The third kappa shape index (κ3) is 1.62. The third-order valence-corrected chi connectivity index (χ3v) is 2.45. The fourth-order valence-electron chi connectivity index (χ4n) is 1.68. The van der Waals surface area contributed by atoms with E-state index in [-0.39, 0.29) is 5.54 Å². The Morgan fingerprint density at radius 1 is 1.45 bits per heavy atom. The van der Waals surface area contributed by atoms with Crippen LogP contribution in [0.5, 0.6) is 0 Å². The van der Waals surface area contributed by atoms with E-state index < -0.39 is 0 Å². The summed E-state index contributed by atoms with van der Waals surface area (Å²) in [5, 5.41) is 3.34. The van der Waals surface area contributed by atoms with Crippen LogP contribution in [0.25, 0.3) is 0 Å². The molecule has 1 rings (SSSR count). The monoisotopic (exact) mass is 155 g/mol. The average Bonchev–Trinajstić information content (AvgIpc) is 1.77. The van der Waals surface area contributed by atoms with Gasteiger partial charge in [-0.2, -0.15) is 0 Å². The lowest BCUT2D eigenvalue weighted by Crippen LogP contribution is -2.58. The molecule has 1 saturated carbocycles. The van der Waals surface area contributed by atoms with E-state index >= 15 is 0 Å². The molecule has 0 amide bonds. The molecule has 2 heteroatoms. The minimum atomic E-state index is -0.145. The largest absolute Gasteiger partial charge is 0.303 e. The Morgan fingerprint density at radius 2 is 2.00 bits per heavy atom. The highest BCUT2D eigenvalue weighted by molar-refractivity contribution is 5.87. The zero-order chi connectivity index (χ0) is 8.48. The predicted octanol–water partition coefficient (Wildman–Crippen LogP) is 1.50. The molecule has 0 aromatic rings. The van der Waals surface area contributed by atoms with Crippen LogP contribution < -0.4 is 5.32 Å². The van der Waals surface area contributed by atoms with Gasteiger partial charge < -0.3 is 5.32 Å². The van der Waals surface area contributed by atoms with Gasteiger partial charge in [0, 0.05) is 6.04 Å². The molecule has 0 aliphatic heterocycles. The molecule has 0 bridgehead atoms. The Balaban J connectivity index is 2.54. The van der Waals surface area contributed by atoms with Crippen LogP contribution in [0, 0.1) is 0 Å². The Hall–Kier alpha value is -0.370. The predicted molar refractivity (Wildman–Crippen MR) is 45.5 cm³/mol. The van der Waals surface area contributed by atoms with Crippen molar-refractivity contribution in [3.8, 4) is 0 Å². The molecule has 0 radical (unpaired) electrons. The summed E-state index contributed by atoms with van der Waals surface area (Å²) in [5.74, 6) is 0.303. The van der Waals surface area contributed by atoms with Crippen molar-refractivity contribution in [2.75, 3.05) is 0 Å². The van der Waals surface area contributed by atoms with Crippen LogP contribution in [0.3, 0.4) is 0 Å². The van der Waals surface area contributed by atoms with Crippen LogP contribution in [0.15, 0.2) is 0 Å². The first kappa shape index (κ1) is 8.72. The molecular formula is C9H17NO. The maximum atomic E-state index is 11.2. The SMILES string of the molecule is CC(=O)C1(NC(C)C)CCC1. The molecule has 1 N–H and O–H groups in total. The molecule has 1 aliphatic rings. The molecule has 0 spiro atoms. The van der Waals surface area contributed by atoms with Crippen LogP contribution >= 0.6 is 0 Å². The first-order chi connectivity index (χ1) is 5.07. The number of nitrogens with one attached hydrogen (secondary N) is 1. The van der Waals surface area contributed by atoms with Gasteiger partial charge in [0.25, 0.3) is 0 Å². The van der Waals surface area contributed by atoms with E-state index in [9.17, 15) is 4.79 Å². The van der Waals surface area contributed by atoms with Crippen LogP contribution in [-0.4, -0.2) is 17.4 Å². The van der Waals surface area contributed by atoms with E-state index in [1.54, 1.807) is 6.92 Å². The second-order valence-electron chi connectivity index (χ2n) is 3.79. The number of hydrogen-bond acceptors (Lipinski definition) is 2. The summed E-state index contributed by atoms with van der Waals surface area (Å²) < 4.78 is 0. The maximum absolute atomic E-state index is 11.2. The molecular weight excluding hydrogens is 138 g/mol. The molecule has 0 atom stereocenters. The van der Waals surface area contributed by atoms with E-state index in [4.69, 9.17) is 0 Å². The first-order valence-electron chi connectivity index (χ1n) is 4.35. The van der Waals surface area contributed by atoms with Gasteiger partial charge in [-0.05, 0) is 40.0 Å². The Kier molecular flexibility index (Phi) is 2.33. The van der Waals surface area contributed by atoms with E-state index in [0.29, 0.717) is 11.8 Å². The molecule has 0 aromatic heterocycles. The van der Waals surface area contributed by atoms with E-state index in [1.807, 2.05) is 0 Å². The summed E-state index contributed by atoms with van der Waals surface area (Å²) in [4.78, 5) is 11.2. The van der Waals surface area contributed by atoms with Gasteiger partial charge in [0.2, 0.25) is 0 Å². The topological polar surface area (TPSA) is 29.1 Å². The van der Waals surface area contributed by atoms with Crippen LogP contribution in [-0.2, 0) is 4.79 Å². The number of Topliss-reactive ketones (excluding diaryl/α,β-unsaturated/α-hetero) is 1. The van der Waals surface area contributed by atoms with Gasteiger partial charge >= 0.3 is 0 Å². The highest BCUT2D eigenvalue weighted by Gasteiger charge is 2.41. The molecule has 1 aliphatic carbocycles. The standard InChI is InChI=1S/C9H17NO/c1-7(2)10-9(8(3)11)5-4-6-9/h7,10H,4-6H2,1-3H3. The van der Waals surface area contributed by atoms with Gasteiger partial charge in [-0.1, -0.05) is 0 Å². The second kappa shape index (κ2) is 2.94. The highest BCUT2D eigenvalue weighted by Crippen LogP contribution is 2.32. The van der Waals surface area contributed by atoms with Crippen molar-refractivity contribution in [3.05, 3.63) is 0 Å². The summed E-state index contributed by atoms with van der Waals surface area (Å²) in [6, 6.07) is 0.416. The van der Waals surface area contributed by atoms with E-state index in [2.05, 4.69) is 19.2 Å². The third-order valence-electron chi connectivity index (χ3n) is 2.45. The van der Waals surface area contributed by atoms with Crippen molar-refractivity contribution in [1.82, 2.24) is 5.32 Å². The van der Waals surface area contributed by atoms with Crippen molar-refractivity contribution >= 4 is 5.78 Å². The van der Waals surface area contributed by atoms with Gasteiger partial charge in [-0.25, -0.2) is 0 Å². The van der Waals surface area contributed by atoms with Crippen molar-refractivity contribution in [1.29, 1.82) is 0 Å². The molecule has 1 fully saturated rings. The zero-order valence-electron chi connectivity index (χ0n) is 7.61. The van der Waals surface area contributed by atoms with Crippen LogP contribution in [0.1, 0.15) is 40.0 Å². The van der Waals surface area contributed by atoms with Crippen molar-refractivity contribution in [2.24, 2.45) is 0 Å². The van der Waals surface area contributed by atoms with Crippen LogP contribution in [0.2, 0.25) is 0 Å². The van der Waals surface area contributed by atoms with Gasteiger partial charge in [-0.3, -0.25) is 4.79 Å². The number of carbonyl (C=O) groups is 1. The van der Waals surface area contributed by atoms with E-state index in [1.165, 1.54) is 6.42 Å². The first-order valence-corrected chi connectivity index (χ1v) is 4.35. The molecule has 11 heavy (non-hydrogen) atoms. The number of ketones is 1. The van der Waals surface area contributed by atoms with Crippen molar-refractivity contribution < 1.29 is 4.79 Å². The fraction of sp³-hybridized carbons (Fsp3) is 0.889. The Morgan fingerprint density at radius 3 is 2.09 bits per heavy atom. The lowest BCUT2D eigenvalue weighted by molar-refractivity contribution is -0.127. The molecule has 0 saturated heterocycles. The molecule has 2 nitrogen and oxygen atoms in total. The summed E-state index contributed by atoms with van der Waals surface area (Å²) in [5.41, 5.74) is -0.145. The molecule has 0 heterocycles. The highest BCUT2D eigenvalue weighted by atomic mass is 16.1. The lowest BCUT2D eigenvalue weighted by atomic mass is 9.73. The second-order valence-corrected chi connectivity index (χ2v) is 3.79. The molecule has 64 valence electrons. The van der Waals surface area contributed by atoms with Gasteiger partial charge in [0.15, 0.2) is 0 Å². The number of carbonyl (C=O) groups excluding carboxylic acids is 1. The molecule has 0 aromatic carbocycles. The number of rotatable bonds is 3. The van der Waals surface area contributed by atoms with Gasteiger partial charge in [0.1, 0.15) is 5.78 Å². The van der Waals surface area contributed by atoms with Crippen molar-refractivity contribution in [3.63, 3.8) is 0 Å². The Labute approximate surface area is 68.4 Å². The molecule has 0 unspecified atom stereocenters. The summed E-state index contributed by atoms with van der Waals surface area (Å²) in [6.07, 6.45) is 3.25. The van der Waals surface area contributed by atoms with Gasteiger partial charge in [-0.15, -0.1) is 0 Å². The maximum Gasteiger partial charge on any atom is 0.149 e. The van der Waals surface area contributed by atoms with Crippen LogP contribution in [0.4, 0.5) is 0 Å². The van der Waals surface area contributed by atoms with Gasteiger partial charge in [0.05, 0.1) is 5.54 Å². The summed E-state index contributed by atoms with van der Waals surface area (Å²) in [7, 11) is 0. The van der Waals surface area contributed by atoms with E-state index in [0.717, 1.165) is 12.8 Å². The number of hydrogen-bond donors (Lipinski definition) is 1.